The second kappa shape index (κ2) is 6.61. The van der Waals surface area contributed by atoms with Crippen LogP contribution in [-0.4, -0.2) is 14.3 Å². The van der Waals surface area contributed by atoms with Crippen LogP contribution in [0.25, 0.3) is 0 Å². The van der Waals surface area contributed by atoms with E-state index in [0.717, 1.165) is 25.7 Å². The van der Waals surface area contributed by atoms with E-state index in [2.05, 4.69) is 19.2 Å². The molecular formula is C17H26N2O3S. The number of benzene rings is 1. The Hall–Kier alpha value is -1.40. The van der Waals surface area contributed by atoms with Crippen LogP contribution in [0.1, 0.15) is 46.5 Å². The molecule has 128 valence electrons. The molecule has 0 radical (unpaired) electrons. The van der Waals surface area contributed by atoms with Crippen LogP contribution in [0, 0.1) is 17.3 Å². The Balaban J connectivity index is 2.02. The summed E-state index contributed by atoms with van der Waals surface area (Å²) in [7, 11) is -3.71. The summed E-state index contributed by atoms with van der Waals surface area (Å²) < 4.78 is 22.5. The molecule has 1 fully saturated rings. The van der Waals surface area contributed by atoms with Gasteiger partial charge in [-0.05, 0) is 61.8 Å². The third kappa shape index (κ3) is 4.32. The Morgan fingerprint density at radius 3 is 2.17 bits per heavy atom. The van der Waals surface area contributed by atoms with Gasteiger partial charge in [-0.15, -0.1) is 0 Å². The Labute approximate surface area is 138 Å². The van der Waals surface area contributed by atoms with Crippen molar-refractivity contribution >= 4 is 21.6 Å². The van der Waals surface area contributed by atoms with Crippen molar-refractivity contribution in [3.63, 3.8) is 0 Å². The zero-order valence-corrected chi connectivity index (χ0v) is 14.8. The van der Waals surface area contributed by atoms with Crippen molar-refractivity contribution in [2.75, 3.05) is 5.32 Å². The number of anilines is 1. The van der Waals surface area contributed by atoms with E-state index in [4.69, 9.17) is 5.14 Å². The quantitative estimate of drug-likeness (QED) is 0.884. The number of primary sulfonamides is 1. The number of nitrogens with two attached hydrogens (primary N) is 1. The zero-order valence-electron chi connectivity index (χ0n) is 14.0. The van der Waals surface area contributed by atoms with Crippen molar-refractivity contribution in [1.29, 1.82) is 0 Å². The third-order valence-corrected chi connectivity index (χ3v) is 5.99. The lowest BCUT2D eigenvalue weighted by molar-refractivity contribution is -0.127. The van der Waals surface area contributed by atoms with E-state index in [1.54, 1.807) is 12.1 Å². The van der Waals surface area contributed by atoms with Crippen molar-refractivity contribution in [1.82, 2.24) is 0 Å². The van der Waals surface area contributed by atoms with E-state index < -0.39 is 10.0 Å². The summed E-state index contributed by atoms with van der Waals surface area (Å²) in [5, 5.41) is 7.97. The van der Waals surface area contributed by atoms with Gasteiger partial charge in [-0.25, -0.2) is 13.6 Å². The van der Waals surface area contributed by atoms with Gasteiger partial charge in [-0.3, -0.25) is 4.79 Å². The van der Waals surface area contributed by atoms with Crippen LogP contribution in [0.4, 0.5) is 5.69 Å². The molecular weight excluding hydrogens is 312 g/mol. The van der Waals surface area contributed by atoms with E-state index >= 15 is 0 Å². The smallest absolute Gasteiger partial charge is 0.238 e. The summed E-state index contributed by atoms with van der Waals surface area (Å²) in [6, 6.07) is 5.95. The van der Waals surface area contributed by atoms with Crippen molar-refractivity contribution in [2.24, 2.45) is 22.4 Å². The van der Waals surface area contributed by atoms with Crippen LogP contribution in [0.2, 0.25) is 0 Å². The molecule has 0 heterocycles. The van der Waals surface area contributed by atoms with Crippen molar-refractivity contribution < 1.29 is 13.2 Å². The van der Waals surface area contributed by atoms with Gasteiger partial charge in [0.1, 0.15) is 0 Å². The molecule has 0 saturated heterocycles. The molecule has 6 heteroatoms. The van der Waals surface area contributed by atoms with Gasteiger partial charge in [0.2, 0.25) is 15.9 Å². The lowest BCUT2D eigenvalue weighted by Gasteiger charge is -2.37. The minimum absolute atomic E-state index is 0.00283. The Morgan fingerprint density at radius 1 is 1.22 bits per heavy atom. The molecule has 1 aromatic rings. The largest absolute Gasteiger partial charge is 0.326 e. The van der Waals surface area contributed by atoms with Crippen LogP contribution < -0.4 is 10.5 Å². The summed E-state index contributed by atoms with van der Waals surface area (Å²) in [6.45, 7) is 6.48. The van der Waals surface area contributed by atoms with Crippen LogP contribution in [-0.2, 0) is 14.8 Å². The van der Waals surface area contributed by atoms with Crippen LogP contribution in [0.5, 0.6) is 0 Å². The first-order chi connectivity index (χ1) is 10.6. The standard InChI is InChI=1S/C17H26N2O3S/c1-12(2)13-8-10-17(3,11-9-13)16(20)19-14-4-6-15(7-5-14)23(18,21)22/h4-7,12-13H,8-11H2,1-3H3,(H,19,20)(H2,18,21,22). The Bertz CT molecular complexity index is 658. The highest BCUT2D eigenvalue weighted by Crippen LogP contribution is 2.41. The minimum Gasteiger partial charge on any atom is -0.326 e. The number of carbonyl (C=O) groups is 1. The van der Waals surface area contributed by atoms with Crippen molar-refractivity contribution in [3.8, 4) is 0 Å². The first-order valence-corrected chi connectivity index (χ1v) is 9.61. The summed E-state index contributed by atoms with van der Waals surface area (Å²) in [5.74, 6) is 1.36. The predicted molar refractivity (Wildman–Crippen MR) is 91.3 cm³/mol. The molecule has 1 aliphatic carbocycles. The SMILES string of the molecule is CC(C)C1CCC(C)(C(=O)Nc2ccc(S(N)(=O)=O)cc2)CC1. The van der Waals surface area contributed by atoms with E-state index in [0.29, 0.717) is 17.5 Å². The fourth-order valence-electron chi connectivity index (χ4n) is 3.18. The van der Waals surface area contributed by atoms with Gasteiger partial charge >= 0.3 is 0 Å². The summed E-state index contributed by atoms with van der Waals surface area (Å²) >= 11 is 0. The van der Waals surface area contributed by atoms with Gasteiger partial charge in [-0.1, -0.05) is 20.8 Å². The molecule has 0 atom stereocenters. The maximum Gasteiger partial charge on any atom is 0.238 e. The number of hydrogen-bond donors (Lipinski definition) is 2. The Kier molecular flexibility index (Phi) is 5.16. The van der Waals surface area contributed by atoms with Crippen LogP contribution >= 0.6 is 0 Å². The van der Waals surface area contributed by atoms with Gasteiger partial charge in [-0.2, -0.15) is 0 Å². The molecule has 0 aliphatic heterocycles. The Morgan fingerprint density at radius 2 is 1.74 bits per heavy atom. The molecule has 0 spiro atoms. The number of nitrogens with one attached hydrogen (secondary N) is 1. The number of rotatable bonds is 4. The molecule has 1 aromatic carbocycles. The highest BCUT2D eigenvalue weighted by molar-refractivity contribution is 7.89. The maximum absolute atomic E-state index is 12.6. The van der Waals surface area contributed by atoms with Crippen molar-refractivity contribution in [2.45, 2.75) is 51.3 Å². The maximum atomic E-state index is 12.6. The molecule has 1 aliphatic rings. The topological polar surface area (TPSA) is 89.3 Å². The molecule has 0 aromatic heterocycles. The van der Waals surface area contributed by atoms with E-state index in [9.17, 15) is 13.2 Å². The fraction of sp³-hybridized carbons (Fsp3) is 0.588. The average Bonchev–Trinajstić information content (AvgIpc) is 2.47. The second-order valence-corrected chi connectivity index (χ2v) is 8.73. The first-order valence-electron chi connectivity index (χ1n) is 8.06. The van der Waals surface area contributed by atoms with E-state index in [1.807, 2.05) is 6.92 Å². The molecule has 2 rings (SSSR count). The summed E-state index contributed by atoms with van der Waals surface area (Å²) in [6.07, 6.45) is 3.92. The monoisotopic (exact) mass is 338 g/mol. The first kappa shape index (κ1) is 17.9. The van der Waals surface area contributed by atoms with Gasteiger partial charge in [0.05, 0.1) is 4.90 Å². The second-order valence-electron chi connectivity index (χ2n) is 7.17. The van der Waals surface area contributed by atoms with Crippen LogP contribution in [0.3, 0.4) is 0 Å². The number of carbonyl (C=O) groups excluding carboxylic acids is 1. The molecule has 0 unspecified atom stereocenters. The third-order valence-electron chi connectivity index (χ3n) is 5.07. The fourth-order valence-corrected chi connectivity index (χ4v) is 3.70. The van der Waals surface area contributed by atoms with Gasteiger partial charge < -0.3 is 5.32 Å². The highest BCUT2D eigenvalue weighted by Gasteiger charge is 2.38. The lowest BCUT2D eigenvalue weighted by Crippen LogP contribution is -2.37. The number of sulfonamides is 1. The van der Waals surface area contributed by atoms with Crippen LogP contribution in [0.15, 0.2) is 29.2 Å². The van der Waals surface area contributed by atoms with Crippen molar-refractivity contribution in [3.05, 3.63) is 24.3 Å². The van der Waals surface area contributed by atoms with E-state index in [1.165, 1.54) is 12.1 Å². The van der Waals surface area contributed by atoms with Gasteiger partial charge in [0.25, 0.3) is 0 Å². The highest BCUT2D eigenvalue weighted by atomic mass is 32.2. The molecule has 1 saturated carbocycles. The lowest BCUT2D eigenvalue weighted by atomic mass is 9.68. The summed E-state index contributed by atoms with van der Waals surface area (Å²) in [5.41, 5.74) is 0.235. The molecule has 0 bridgehead atoms. The number of amides is 1. The molecule has 1 amide bonds. The van der Waals surface area contributed by atoms with Gasteiger partial charge in [0.15, 0.2) is 0 Å². The average molecular weight is 338 g/mol. The van der Waals surface area contributed by atoms with Gasteiger partial charge in [0, 0.05) is 11.1 Å². The summed E-state index contributed by atoms with van der Waals surface area (Å²) in [4.78, 5) is 12.6. The molecule has 23 heavy (non-hydrogen) atoms. The molecule has 5 nitrogen and oxygen atoms in total. The predicted octanol–water partition coefficient (Wildman–Crippen LogP) is 3.13. The zero-order chi connectivity index (χ0) is 17.3. The normalized spacial score (nSPS) is 25.3. The minimum atomic E-state index is -3.71. The molecule has 3 N–H and O–H groups in total. The number of hydrogen-bond acceptors (Lipinski definition) is 3. The van der Waals surface area contributed by atoms with E-state index in [-0.39, 0.29) is 16.2 Å².